The van der Waals surface area contributed by atoms with Crippen molar-refractivity contribution < 1.29 is 4.39 Å². The minimum Gasteiger partial charge on any atom is -0.367 e. The number of nitrogens with zero attached hydrogens (tertiary/aromatic N) is 2. The minimum absolute atomic E-state index is 0.272. The molecule has 4 heteroatoms. The number of nitrogens with one attached hydrogen (secondary N) is 1. The van der Waals surface area contributed by atoms with Gasteiger partial charge in [0.15, 0.2) is 0 Å². The summed E-state index contributed by atoms with van der Waals surface area (Å²) in [5.41, 5.74) is 0. The Bertz CT molecular complexity index is 275. The second-order valence-electron chi connectivity index (χ2n) is 3.40. The van der Waals surface area contributed by atoms with Crippen molar-refractivity contribution in [2.45, 2.75) is 26.8 Å². The first-order valence-electron chi connectivity index (χ1n) is 4.33. The average Bonchev–Trinajstić information content (AvgIpc) is 2.04. The van der Waals surface area contributed by atoms with E-state index in [1.165, 1.54) is 12.4 Å². The molecule has 3 nitrogen and oxygen atoms in total. The predicted octanol–water partition coefficient (Wildman–Crippen LogP) is 2.07. The number of anilines is 1. The second-order valence-corrected chi connectivity index (χ2v) is 3.40. The van der Waals surface area contributed by atoms with Gasteiger partial charge in [0.05, 0.1) is 0 Å². The molecule has 0 aliphatic heterocycles. The maximum absolute atomic E-state index is 12.6. The van der Waals surface area contributed by atoms with Gasteiger partial charge in [-0.1, -0.05) is 13.8 Å². The van der Waals surface area contributed by atoms with Crippen molar-refractivity contribution in [2.24, 2.45) is 5.92 Å². The van der Waals surface area contributed by atoms with Crippen molar-refractivity contribution in [3.8, 4) is 0 Å². The molecule has 0 bridgehead atoms. The van der Waals surface area contributed by atoms with Crippen LogP contribution >= 0.6 is 0 Å². The van der Waals surface area contributed by atoms with E-state index >= 15 is 0 Å². The van der Waals surface area contributed by atoms with Gasteiger partial charge in [-0.3, -0.25) is 0 Å². The van der Waals surface area contributed by atoms with Crippen LogP contribution in [0.5, 0.6) is 0 Å². The van der Waals surface area contributed by atoms with Crippen molar-refractivity contribution in [3.05, 3.63) is 18.3 Å². The summed E-state index contributed by atoms with van der Waals surface area (Å²) in [6.07, 6.45) is 1.21. The van der Waals surface area contributed by atoms with E-state index in [1.54, 1.807) is 0 Å². The minimum atomic E-state index is -0.506. The van der Waals surface area contributed by atoms with Crippen LogP contribution in [-0.4, -0.2) is 16.0 Å². The highest BCUT2D eigenvalue weighted by molar-refractivity contribution is 5.33. The van der Waals surface area contributed by atoms with Gasteiger partial charge in [-0.25, -0.2) is 9.97 Å². The van der Waals surface area contributed by atoms with Crippen molar-refractivity contribution in [1.82, 2.24) is 9.97 Å². The van der Waals surface area contributed by atoms with Crippen LogP contribution < -0.4 is 5.32 Å². The van der Waals surface area contributed by atoms with E-state index in [2.05, 4.69) is 29.1 Å². The monoisotopic (exact) mass is 183 g/mol. The molecule has 0 radical (unpaired) electrons. The molecular formula is C9H14FN3. The molecule has 1 N–H and O–H groups in total. The lowest BCUT2D eigenvalue weighted by atomic mass is 10.1. The highest BCUT2D eigenvalue weighted by Gasteiger charge is 2.07. The summed E-state index contributed by atoms with van der Waals surface area (Å²) in [6, 6.07) is 1.56. The standard InChI is InChI=1S/C9H14FN3/c1-6(2)7(3)13-9-4-8(10)11-5-12-9/h4-7H,1-3H3,(H,11,12,13). The van der Waals surface area contributed by atoms with Crippen LogP contribution in [0.1, 0.15) is 20.8 Å². The van der Waals surface area contributed by atoms with Crippen LogP contribution in [0.15, 0.2) is 12.4 Å². The van der Waals surface area contributed by atoms with E-state index in [-0.39, 0.29) is 6.04 Å². The molecule has 0 aliphatic carbocycles. The van der Waals surface area contributed by atoms with Gasteiger partial charge in [0.1, 0.15) is 12.1 Å². The van der Waals surface area contributed by atoms with Crippen LogP contribution in [0.3, 0.4) is 0 Å². The van der Waals surface area contributed by atoms with E-state index in [0.717, 1.165) is 0 Å². The van der Waals surface area contributed by atoms with Gasteiger partial charge in [0, 0.05) is 12.1 Å². The van der Waals surface area contributed by atoms with Crippen molar-refractivity contribution in [2.75, 3.05) is 5.32 Å². The highest BCUT2D eigenvalue weighted by Crippen LogP contribution is 2.09. The Morgan fingerprint density at radius 2 is 2.00 bits per heavy atom. The van der Waals surface area contributed by atoms with E-state index < -0.39 is 5.95 Å². The van der Waals surface area contributed by atoms with Gasteiger partial charge in [-0.05, 0) is 12.8 Å². The van der Waals surface area contributed by atoms with Gasteiger partial charge in [-0.15, -0.1) is 0 Å². The van der Waals surface area contributed by atoms with E-state index in [4.69, 9.17) is 0 Å². The molecule has 72 valence electrons. The van der Waals surface area contributed by atoms with Gasteiger partial charge in [-0.2, -0.15) is 4.39 Å². The Balaban J connectivity index is 2.64. The molecule has 1 atom stereocenters. The lowest BCUT2D eigenvalue weighted by Gasteiger charge is -2.17. The maximum Gasteiger partial charge on any atom is 0.217 e. The fourth-order valence-electron chi connectivity index (χ4n) is 0.812. The molecule has 0 aromatic carbocycles. The van der Waals surface area contributed by atoms with E-state index in [9.17, 15) is 4.39 Å². The topological polar surface area (TPSA) is 37.8 Å². The van der Waals surface area contributed by atoms with Gasteiger partial charge in [0.2, 0.25) is 5.95 Å². The smallest absolute Gasteiger partial charge is 0.217 e. The first kappa shape index (κ1) is 9.89. The fourth-order valence-corrected chi connectivity index (χ4v) is 0.812. The molecule has 0 aliphatic rings. The number of hydrogen-bond acceptors (Lipinski definition) is 3. The molecule has 0 saturated heterocycles. The lowest BCUT2D eigenvalue weighted by molar-refractivity contribution is 0.553. The predicted molar refractivity (Wildman–Crippen MR) is 49.9 cm³/mol. The summed E-state index contributed by atoms with van der Waals surface area (Å²) in [5, 5.41) is 3.09. The van der Waals surface area contributed by atoms with Gasteiger partial charge < -0.3 is 5.32 Å². The molecule has 1 rings (SSSR count). The van der Waals surface area contributed by atoms with Crippen LogP contribution in [-0.2, 0) is 0 Å². The zero-order chi connectivity index (χ0) is 9.84. The average molecular weight is 183 g/mol. The summed E-state index contributed by atoms with van der Waals surface area (Å²) < 4.78 is 12.6. The molecule has 1 unspecified atom stereocenters. The Hall–Kier alpha value is -1.19. The number of rotatable bonds is 3. The third-order valence-corrected chi connectivity index (χ3v) is 2.01. The van der Waals surface area contributed by atoms with Gasteiger partial charge in [0.25, 0.3) is 0 Å². The SMILES string of the molecule is CC(C)C(C)Nc1cc(F)ncn1. The van der Waals surface area contributed by atoms with Gasteiger partial charge >= 0.3 is 0 Å². The van der Waals surface area contributed by atoms with Crippen LogP contribution in [0.25, 0.3) is 0 Å². The summed E-state index contributed by atoms with van der Waals surface area (Å²) in [5.74, 6) is 0.514. The van der Waals surface area contributed by atoms with Crippen molar-refractivity contribution >= 4 is 5.82 Å². The first-order valence-corrected chi connectivity index (χ1v) is 4.33. The fraction of sp³-hybridized carbons (Fsp3) is 0.556. The quantitative estimate of drug-likeness (QED) is 0.729. The van der Waals surface area contributed by atoms with Crippen molar-refractivity contribution in [3.63, 3.8) is 0 Å². The molecule has 0 saturated carbocycles. The number of hydrogen-bond donors (Lipinski definition) is 1. The highest BCUT2D eigenvalue weighted by atomic mass is 19.1. The normalized spacial score (nSPS) is 13.0. The zero-order valence-electron chi connectivity index (χ0n) is 8.08. The lowest BCUT2D eigenvalue weighted by Crippen LogP contribution is -2.22. The molecule has 1 aromatic rings. The van der Waals surface area contributed by atoms with Crippen LogP contribution in [0.4, 0.5) is 10.2 Å². The number of halogens is 1. The Labute approximate surface area is 77.4 Å². The molecule has 1 aromatic heterocycles. The van der Waals surface area contributed by atoms with Crippen LogP contribution in [0.2, 0.25) is 0 Å². The van der Waals surface area contributed by atoms with E-state index in [0.29, 0.717) is 11.7 Å². The Morgan fingerprint density at radius 3 is 2.54 bits per heavy atom. The largest absolute Gasteiger partial charge is 0.367 e. The third kappa shape index (κ3) is 2.97. The van der Waals surface area contributed by atoms with Crippen LogP contribution in [0, 0.1) is 11.9 Å². The summed E-state index contributed by atoms with van der Waals surface area (Å²) in [4.78, 5) is 7.27. The summed E-state index contributed by atoms with van der Waals surface area (Å²) >= 11 is 0. The molecule has 1 heterocycles. The second kappa shape index (κ2) is 4.16. The zero-order valence-corrected chi connectivity index (χ0v) is 8.08. The third-order valence-electron chi connectivity index (χ3n) is 2.01. The molecule has 0 amide bonds. The summed E-state index contributed by atoms with van der Waals surface area (Å²) in [6.45, 7) is 6.22. The molecule has 13 heavy (non-hydrogen) atoms. The molecular weight excluding hydrogens is 169 g/mol. The van der Waals surface area contributed by atoms with E-state index in [1.807, 2.05) is 6.92 Å². The van der Waals surface area contributed by atoms with Crippen molar-refractivity contribution in [1.29, 1.82) is 0 Å². The number of aromatic nitrogens is 2. The molecule has 0 fully saturated rings. The summed E-state index contributed by atoms with van der Waals surface area (Å²) in [7, 11) is 0. The first-order chi connectivity index (χ1) is 6.09. The molecule has 0 spiro atoms. The maximum atomic E-state index is 12.6. The Morgan fingerprint density at radius 1 is 1.31 bits per heavy atom. The Kier molecular flexibility index (Phi) is 3.17.